The summed E-state index contributed by atoms with van der Waals surface area (Å²) < 4.78 is 27.4. The van der Waals surface area contributed by atoms with Gasteiger partial charge in [0.05, 0.1) is 5.02 Å². The van der Waals surface area contributed by atoms with Crippen molar-refractivity contribution >= 4 is 50.7 Å². The molecule has 0 amide bonds. The summed E-state index contributed by atoms with van der Waals surface area (Å²) >= 11 is 12.1. The fourth-order valence-corrected chi connectivity index (χ4v) is 5.45. The second-order valence-corrected chi connectivity index (χ2v) is 9.82. The van der Waals surface area contributed by atoms with E-state index in [1.54, 1.807) is 12.3 Å². The first kappa shape index (κ1) is 21.8. The van der Waals surface area contributed by atoms with Crippen molar-refractivity contribution in [1.29, 1.82) is 0 Å². The van der Waals surface area contributed by atoms with Crippen molar-refractivity contribution in [1.82, 2.24) is 19.3 Å². The van der Waals surface area contributed by atoms with E-state index in [1.165, 1.54) is 22.8 Å². The van der Waals surface area contributed by atoms with Gasteiger partial charge in [0.1, 0.15) is 28.7 Å². The normalized spacial score (nSPS) is 15.1. The zero-order chi connectivity index (χ0) is 22.0. The van der Waals surface area contributed by atoms with Gasteiger partial charge >= 0.3 is 0 Å². The second kappa shape index (κ2) is 8.96. The molecule has 11 heteroatoms. The van der Waals surface area contributed by atoms with E-state index in [4.69, 9.17) is 23.2 Å². The van der Waals surface area contributed by atoms with Crippen LogP contribution < -0.4 is 10.2 Å². The molecule has 1 aliphatic heterocycles. The third-order valence-corrected chi connectivity index (χ3v) is 7.51. The van der Waals surface area contributed by atoms with Crippen LogP contribution in [0.1, 0.15) is 5.56 Å². The Morgan fingerprint density at radius 3 is 2.42 bits per heavy atom. The van der Waals surface area contributed by atoms with Crippen LogP contribution in [-0.4, -0.2) is 53.9 Å². The number of aromatic nitrogens is 3. The van der Waals surface area contributed by atoms with Crippen LogP contribution in [0.15, 0.2) is 53.8 Å². The van der Waals surface area contributed by atoms with Crippen LogP contribution in [0.4, 0.5) is 17.5 Å². The van der Waals surface area contributed by atoms with E-state index in [0.717, 1.165) is 5.56 Å². The lowest BCUT2D eigenvalue weighted by Gasteiger charge is -2.34. The lowest BCUT2D eigenvalue weighted by atomic mass is 10.3. The Kier molecular flexibility index (Phi) is 6.29. The topological polar surface area (TPSA) is 91.3 Å². The second-order valence-electron chi connectivity index (χ2n) is 7.07. The van der Waals surface area contributed by atoms with Gasteiger partial charge in [0.25, 0.3) is 0 Å². The molecule has 2 aromatic heterocycles. The Morgan fingerprint density at radius 2 is 1.68 bits per heavy atom. The Bertz CT molecular complexity index is 1200. The summed E-state index contributed by atoms with van der Waals surface area (Å²) in [5.74, 6) is 2.02. The minimum atomic E-state index is -3.74. The highest BCUT2D eigenvalue weighted by atomic mass is 35.5. The number of anilines is 3. The number of nitrogens with zero attached hydrogens (tertiary/aromatic N) is 5. The quantitative estimate of drug-likeness (QED) is 0.596. The molecule has 0 unspecified atom stereocenters. The number of pyridine rings is 1. The molecule has 1 aromatic carbocycles. The minimum absolute atomic E-state index is 0.0225. The van der Waals surface area contributed by atoms with Crippen molar-refractivity contribution < 1.29 is 8.42 Å². The molecule has 0 bridgehead atoms. The van der Waals surface area contributed by atoms with E-state index in [-0.39, 0.29) is 9.92 Å². The zero-order valence-corrected chi connectivity index (χ0v) is 19.0. The molecule has 0 saturated carbocycles. The SMILES string of the molecule is Cc1ccnc(Nc2cc(N3CCN(S(=O)(=O)c4cc(Cl)ccc4Cl)CC3)ncn2)c1. The van der Waals surface area contributed by atoms with Crippen molar-refractivity contribution in [2.75, 3.05) is 36.4 Å². The molecule has 4 rings (SSSR count). The van der Waals surface area contributed by atoms with Crippen molar-refractivity contribution in [3.63, 3.8) is 0 Å². The van der Waals surface area contributed by atoms with Gasteiger partial charge in [-0.05, 0) is 42.8 Å². The molecule has 3 heterocycles. The molecule has 0 aliphatic carbocycles. The maximum Gasteiger partial charge on any atom is 0.244 e. The molecule has 1 fully saturated rings. The summed E-state index contributed by atoms with van der Waals surface area (Å²) in [7, 11) is -3.74. The highest BCUT2D eigenvalue weighted by Crippen LogP contribution is 2.29. The lowest BCUT2D eigenvalue weighted by molar-refractivity contribution is 0.384. The van der Waals surface area contributed by atoms with E-state index >= 15 is 0 Å². The highest BCUT2D eigenvalue weighted by molar-refractivity contribution is 7.89. The molecular weight excluding hydrogens is 459 g/mol. The minimum Gasteiger partial charge on any atom is -0.354 e. The molecule has 8 nitrogen and oxygen atoms in total. The number of hydrogen-bond acceptors (Lipinski definition) is 7. The maximum absolute atomic E-state index is 13.0. The number of sulfonamides is 1. The standard InChI is InChI=1S/C20H20Cl2N6O2S/c1-14-4-5-23-18(10-14)26-19-12-20(25-13-24-19)27-6-8-28(9-7-27)31(29,30)17-11-15(21)2-3-16(17)22/h2-5,10-13H,6-9H2,1H3,(H,23,24,25,26). The van der Waals surface area contributed by atoms with Gasteiger partial charge in [-0.1, -0.05) is 23.2 Å². The number of halogens is 2. The Hall–Kier alpha value is -2.46. The van der Waals surface area contributed by atoms with Crippen LogP contribution in [-0.2, 0) is 10.0 Å². The Labute approximate surface area is 190 Å². The van der Waals surface area contributed by atoms with E-state index in [9.17, 15) is 8.42 Å². The van der Waals surface area contributed by atoms with Gasteiger partial charge in [-0.15, -0.1) is 0 Å². The summed E-state index contributed by atoms with van der Waals surface area (Å²) in [6.07, 6.45) is 3.20. The summed E-state index contributed by atoms with van der Waals surface area (Å²) in [6, 6.07) is 10.1. The maximum atomic E-state index is 13.0. The van der Waals surface area contributed by atoms with Gasteiger partial charge in [-0.2, -0.15) is 4.31 Å². The van der Waals surface area contributed by atoms with Crippen LogP contribution in [0.3, 0.4) is 0 Å². The van der Waals surface area contributed by atoms with Gasteiger partial charge in [0.15, 0.2) is 0 Å². The largest absolute Gasteiger partial charge is 0.354 e. The molecule has 0 spiro atoms. The molecule has 1 N–H and O–H groups in total. The molecule has 162 valence electrons. The van der Waals surface area contributed by atoms with Crippen molar-refractivity contribution in [3.8, 4) is 0 Å². The third kappa shape index (κ3) is 4.90. The molecule has 1 saturated heterocycles. The predicted molar refractivity (Wildman–Crippen MR) is 122 cm³/mol. The number of benzene rings is 1. The van der Waals surface area contributed by atoms with E-state index in [1.807, 2.05) is 30.0 Å². The lowest BCUT2D eigenvalue weighted by Crippen LogP contribution is -2.49. The van der Waals surface area contributed by atoms with Crippen LogP contribution in [0.2, 0.25) is 10.0 Å². The number of piperazine rings is 1. The van der Waals surface area contributed by atoms with E-state index in [2.05, 4.69) is 20.3 Å². The van der Waals surface area contributed by atoms with Gasteiger partial charge in [-0.3, -0.25) is 0 Å². The van der Waals surface area contributed by atoms with Crippen molar-refractivity contribution in [3.05, 3.63) is 64.5 Å². The molecule has 3 aromatic rings. The molecule has 0 radical (unpaired) electrons. The van der Waals surface area contributed by atoms with Crippen LogP contribution in [0.25, 0.3) is 0 Å². The fraction of sp³-hybridized carbons (Fsp3) is 0.250. The zero-order valence-electron chi connectivity index (χ0n) is 16.7. The fourth-order valence-electron chi connectivity index (χ4n) is 3.30. The van der Waals surface area contributed by atoms with Crippen LogP contribution in [0.5, 0.6) is 0 Å². The molecule has 0 atom stereocenters. The van der Waals surface area contributed by atoms with Gasteiger partial charge in [0.2, 0.25) is 10.0 Å². The van der Waals surface area contributed by atoms with E-state index < -0.39 is 10.0 Å². The molecule has 1 aliphatic rings. The number of aryl methyl sites for hydroxylation is 1. The number of hydrogen-bond donors (Lipinski definition) is 1. The predicted octanol–water partition coefficient (Wildman–Crippen LogP) is 3.74. The van der Waals surface area contributed by atoms with Gasteiger partial charge in [-0.25, -0.2) is 23.4 Å². The average molecular weight is 479 g/mol. The summed E-state index contributed by atoms with van der Waals surface area (Å²) in [6.45, 7) is 3.56. The van der Waals surface area contributed by atoms with Gasteiger partial charge < -0.3 is 10.2 Å². The summed E-state index contributed by atoms with van der Waals surface area (Å²) in [5.41, 5.74) is 1.09. The first-order valence-electron chi connectivity index (χ1n) is 9.55. The number of rotatable bonds is 5. The van der Waals surface area contributed by atoms with Crippen molar-refractivity contribution in [2.45, 2.75) is 11.8 Å². The number of nitrogens with one attached hydrogen (secondary N) is 1. The Morgan fingerprint density at radius 1 is 0.935 bits per heavy atom. The average Bonchev–Trinajstić information content (AvgIpc) is 2.76. The monoisotopic (exact) mass is 478 g/mol. The van der Waals surface area contributed by atoms with Crippen LogP contribution in [0, 0.1) is 6.92 Å². The Balaban J connectivity index is 1.46. The summed E-state index contributed by atoms with van der Waals surface area (Å²) in [4.78, 5) is 14.9. The summed E-state index contributed by atoms with van der Waals surface area (Å²) in [5, 5.41) is 3.65. The third-order valence-electron chi connectivity index (χ3n) is 4.90. The first-order chi connectivity index (χ1) is 14.8. The molecular formula is C20H20Cl2N6O2S. The van der Waals surface area contributed by atoms with E-state index in [0.29, 0.717) is 48.7 Å². The van der Waals surface area contributed by atoms with Crippen LogP contribution >= 0.6 is 23.2 Å². The molecule has 31 heavy (non-hydrogen) atoms. The smallest absolute Gasteiger partial charge is 0.244 e. The highest BCUT2D eigenvalue weighted by Gasteiger charge is 2.30. The first-order valence-corrected chi connectivity index (χ1v) is 11.7. The van der Waals surface area contributed by atoms with Crippen molar-refractivity contribution in [2.24, 2.45) is 0 Å². The van der Waals surface area contributed by atoms with Gasteiger partial charge in [0, 0.05) is 43.5 Å².